The first kappa shape index (κ1) is 16.6. The number of benzene rings is 1. The first-order chi connectivity index (χ1) is 11.6. The van der Waals surface area contributed by atoms with Gasteiger partial charge in [-0.2, -0.15) is 0 Å². The van der Waals surface area contributed by atoms with Crippen molar-refractivity contribution in [1.29, 1.82) is 0 Å². The van der Waals surface area contributed by atoms with Gasteiger partial charge in [-0.15, -0.1) is 11.6 Å². The van der Waals surface area contributed by atoms with Crippen molar-refractivity contribution in [3.63, 3.8) is 0 Å². The number of alkyl halides is 1. The van der Waals surface area contributed by atoms with E-state index in [1.807, 2.05) is 6.07 Å². The molecule has 5 heteroatoms. The zero-order valence-corrected chi connectivity index (χ0v) is 15.4. The fraction of sp³-hybridized carbons (Fsp3) is 0.632. The normalized spacial score (nSPS) is 35.0. The van der Waals surface area contributed by atoms with Crippen molar-refractivity contribution >= 4 is 28.3 Å². The minimum atomic E-state index is -1.33. The maximum atomic E-state index is 12.7. The molecule has 130 valence electrons. The topological polar surface area (TPSA) is 46.2 Å². The number of hydrogen-bond donors (Lipinski definition) is 1. The van der Waals surface area contributed by atoms with Crippen LogP contribution in [0.25, 0.3) is 0 Å². The molecular formula is C19H24ClNO2S. The number of rotatable bonds is 5. The minimum Gasteiger partial charge on any atom is -0.351 e. The van der Waals surface area contributed by atoms with Crippen LogP contribution in [-0.2, 0) is 10.8 Å². The van der Waals surface area contributed by atoms with E-state index in [0.29, 0.717) is 15.9 Å². The van der Waals surface area contributed by atoms with E-state index in [1.165, 1.54) is 38.5 Å². The molecule has 24 heavy (non-hydrogen) atoms. The molecule has 0 aromatic heterocycles. The molecule has 0 radical (unpaired) electrons. The van der Waals surface area contributed by atoms with Crippen molar-refractivity contribution in [3.05, 3.63) is 29.8 Å². The Balaban J connectivity index is 1.47. The highest BCUT2D eigenvalue weighted by molar-refractivity contribution is 7.86. The second-order valence-corrected chi connectivity index (χ2v) is 10.1. The van der Waals surface area contributed by atoms with Crippen LogP contribution in [0.4, 0.5) is 0 Å². The van der Waals surface area contributed by atoms with E-state index in [1.54, 1.807) is 18.2 Å². The Bertz CT molecular complexity index is 640. The van der Waals surface area contributed by atoms with Gasteiger partial charge in [0, 0.05) is 6.54 Å². The third kappa shape index (κ3) is 3.03. The summed E-state index contributed by atoms with van der Waals surface area (Å²) in [7, 11) is -1.33. The van der Waals surface area contributed by atoms with E-state index in [2.05, 4.69) is 5.32 Å². The summed E-state index contributed by atoms with van der Waals surface area (Å²) in [6.45, 7) is 0.761. The van der Waals surface area contributed by atoms with Crippen molar-refractivity contribution < 1.29 is 9.00 Å². The molecule has 1 N–H and O–H groups in total. The van der Waals surface area contributed by atoms with Crippen molar-refractivity contribution in [3.8, 4) is 0 Å². The van der Waals surface area contributed by atoms with Crippen LogP contribution in [0.2, 0.25) is 0 Å². The summed E-state index contributed by atoms with van der Waals surface area (Å²) < 4.78 is 12.1. The summed E-state index contributed by atoms with van der Waals surface area (Å²) in [5.74, 6) is 2.53. The number of halogens is 1. The Morgan fingerprint density at radius 2 is 1.71 bits per heavy atom. The van der Waals surface area contributed by atoms with Gasteiger partial charge < -0.3 is 5.32 Å². The molecule has 4 saturated carbocycles. The predicted octanol–water partition coefficient (Wildman–Crippen LogP) is 3.94. The Hall–Kier alpha value is -0.870. The molecule has 1 aromatic rings. The van der Waals surface area contributed by atoms with Gasteiger partial charge in [0.15, 0.2) is 0 Å². The summed E-state index contributed by atoms with van der Waals surface area (Å²) in [5.41, 5.74) is 0.812. The van der Waals surface area contributed by atoms with Gasteiger partial charge in [-0.3, -0.25) is 9.00 Å². The highest BCUT2D eigenvalue weighted by Crippen LogP contribution is 2.59. The third-order valence-electron chi connectivity index (χ3n) is 6.27. The zero-order chi connectivity index (χ0) is 16.7. The number of nitrogens with one attached hydrogen (secondary N) is 1. The zero-order valence-electron chi connectivity index (χ0n) is 13.8. The molecule has 4 aliphatic rings. The Morgan fingerprint density at radius 3 is 2.29 bits per heavy atom. The van der Waals surface area contributed by atoms with Crippen LogP contribution in [0.15, 0.2) is 29.2 Å². The molecular weight excluding hydrogens is 342 g/mol. The molecule has 0 saturated heterocycles. The number of amides is 1. The average Bonchev–Trinajstić information content (AvgIpc) is 2.58. The summed E-state index contributed by atoms with van der Waals surface area (Å²) in [6.07, 6.45) is 8.04. The highest BCUT2D eigenvalue weighted by Gasteiger charge is 2.50. The van der Waals surface area contributed by atoms with Gasteiger partial charge in [0.1, 0.15) is 5.21 Å². The van der Waals surface area contributed by atoms with E-state index in [0.717, 1.165) is 24.3 Å². The fourth-order valence-electron chi connectivity index (χ4n) is 5.78. The second kappa shape index (κ2) is 6.45. The van der Waals surface area contributed by atoms with Gasteiger partial charge in [-0.25, -0.2) is 0 Å². The molecule has 1 aromatic carbocycles. The largest absolute Gasteiger partial charge is 0.351 e. The monoisotopic (exact) mass is 365 g/mol. The maximum absolute atomic E-state index is 12.7. The van der Waals surface area contributed by atoms with Crippen LogP contribution in [-0.4, -0.2) is 21.9 Å². The Labute approximate surface area is 151 Å². The van der Waals surface area contributed by atoms with Crippen LogP contribution < -0.4 is 5.32 Å². The van der Waals surface area contributed by atoms with Gasteiger partial charge in [-0.1, -0.05) is 12.1 Å². The van der Waals surface area contributed by atoms with E-state index in [-0.39, 0.29) is 11.1 Å². The van der Waals surface area contributed by atoms with E-state index in [9.17, 15) is 9.00 Å². The SMILES string of the molecule is O=C(NCC12CC3CC(CC(C3)C1)C2)c1ccccc1S(=O)CCl. The fourth-order valence-corrected chi connectivity index (χ4v) is 6.89. The smallest absolute Gasteiger partial charge is 0.252 e. The molecule has 1 amide bonds. The summed E-state index contributed by atoms with van der Waals surface area (Å²) in [4.78, 5) is 13.2. The summed E-state index contributed by atoms with van der Waals surface area (Å²) >= 11 is 5.72. The van der Waals surface area contributed by atoms with E-state index in [4.69, 9.17) is 11.6 Å². The molecule has 1 unspecified atom stereocenters. The van der Waals surface area contributed by atoms with Crippen LogP contribution >= 0.6 is 11.6 Å². The lowest BCUT2D eigenvalue weighted by Crippen LogP contribution is -2.51. The molecule has 0 heterocycles. The van der Waals surface area contributed by atoms with Crippen molar-refractivity contribution in [2.24, 2.45) is 23.2 Å². The predicted molar refractivity (Wildman–Crippen MR) is 96.5 cm³/mol. The maximum Gasteiger partial charge on any atom is 0.252 e. The minimum absolute atomic E-state index is 0.0132. The van der Waals surface area contributed by atoms with Gasteiger partial charge in [-0.05, 0) is 73.8 Å². The van der Waals surface area contributed by atoms with Crippen LogP contribution in [0.5, 0.6) is 0 Å². The standard InChI is InChI=1S/C19H24ClNO2S/c20-12-24(23)17-4-2-1-3-16(17)18(22)21-11-19-8-13-5-14(9-19)7-15(6-13)10-19/h1-4,13-15H,5-12H2,(H,21,22). The summed E-state index contributed by atoms with van der Waals surface area (Å²) in [6, 6.07) is 7.09. The van der Waals surface area contributed by atoms with Crippen LogP contribution in [0, 0.1) is 23.2 Å². The molecule has 0 aliphatic heterocycles. The Morgan fingerprint density at radius 1 is 1.12 bits per heavy atom. The number of carbonyl (C=O) groups is 1. The molecule has 1 atom stereocenters. The molecule has 4 aliphatic carbocycles. The molecule has 3 nitrogen and oxygen atoms in total. The number of carbonyl (C=O) groups excluding carboxylic acids is 1. The van der Waals surface area contributed by atoms with Gasteiger partial charge in [0.25, 0.3) is 5.91 Å². The van der Waals surface area contributed by atoms with E-state index < -0.39 is 10.8 Å². The van der Waals surface area contributed by atoms with Crippen LogP contribution in [0.3, 0.4) is 0 Å². The summed E-state index contributed by atoms with van der Waals surface area (Å²) in [5, 5.41) is 3.17. The molecule has 0 spiro atoms. The molecule has 4 bridgehead atoms. The Kier molecular flexibility index (Phi) is 4.46. The van der Waals surface area contributed by atoms with E-state index >= 15 is 0 Å². The van der Waals surface area contributed by atoms with Crippen molar-refractivity contribution in [2.45, 2.75) is 43.4 Å². The van der Waals surface area contributed by atoms with Crippen LogP contribution in [0.1, 0.15) is 48.9 Å². The number of hydrogen-bond acceptors (Lipinski definition) is 2. The lowest BCUT2D eigenvalue weighted by atomic mass is 9.49. The highest BCUT2D eigenvalue weighted by atomic mass is 35.5. The molecule has 5 rings (SSSR count). The van der Waals surface area contributed by atoms with Gasteiger partial charge in [0.2, 0.25) is 0 Å². The van der Waals surface area contributed by atoms with Crippen molar-refractivity contribution in [2.75, 3.05) is 11.8 Å². The quantitative estimate of drug-likeness (QED) is 0.803. The average molecular weight is 366 g/mol. The lowest BCUT2D eigenvalue weighted by molar-refractivity contribution is -0.0503. The third-order valence-corrected chi connectivity index (χ3v) is 7.90. The molecule has 4 fully saturated rings. The second-order valence-electron chi connectivity index (χ2n) is 8.05. The van der Waals surface area contributed by atoms with Crippen molar-refractivity contribution in [1.82, 2.24) is 5.32 Å². The first-order valence-electron chi connectivity index (χ1n) is 8.90. The van der Waals surface area contributed by atoms with Gasteiger partial charge >= 0.3 is 0 Å². The first-order valence-corrected chi connectivity index (χ1v) is 10.8. The lowest BCUT2D eigenvalue weighted by Gasteiger charge is -2.56. The van der Waals surface area contributed by atoms with Gasteiger partial charge in [0.05, 0.1) is 21.3 Å².